The predicted molar refractivity (Wildman–Crippen MR) is 114 cm³/mol. The third-order valence-corrected chi connectivity index (χ3v) is 4.96. The molecule has 2 aromatic heterocycles. The molecule has 1 aliphatic rings. The van der Waals surface area contributed by atoms with E-state index in [4.69, 9.17) is 20.6 Å². The average Bonchev–Trinajstić information content (AvgIpc) is 2.76. The highest BCUT2D eigenvalue weighted by Gasteiger charge is 2.18. The van der Waals surface area contributed by atoms with Crippen LogP contribution in [0.2, 0.25) is 0 Å². The van der Waals surface area contributed by atoms with Crippen molar-refractivity contribution >= 4 is 17.6 Å². The van der Waals surface area contributed by atoms with Crippen molar-refractivity contribution in [3.8, 4) is 11.6 Å². The van der Waals surface area contributed by atoms with E-state index in [1.807, 2.05) is 6.20 Å². The number of hydrogen-bond acceptors (Lipinski definition) is 8. The molecule has 0 aliphatic carbocycles. The lowest BCUT2D eigenvalue weighted by Crippen LogP contribution is -2.37. The summed E-state index contributed by atoms with van der Waals surface area (Å²) in [4.78, 5) is 8.13. The number of nitrogens with two attached hydrogens (primary N) is 1. The number of ether oxygens (including phenoxy) is 2. The summed E-state index contributed by atoms with van der Waals surface area (Å²) in [5.41, 5.74) is 7.79. The number of nitrogens with one attached hydrogen (secondary N) is 3. The molecular weight excluding hydrogens is 387 g/mol. The van der Waals surface area contributed by atoms with Gasteiger partial charge in [0.05, 0.1) is 18.9 Å². The first kappa shape index (κ1) is 21.5. The highest BCUT2D eigenvalue weighted by molar-refractivity contribution is 6.08. The van der Waals surface area contributed by atoms with Crippen LogP contribution < -0.4 is 25.8 Å². The zero-order valence-electron chi connectivity index (χ0n) is 17.1. The molecule has 1 atom stereocenters. The Labute approximate surface area is 175 Å². The number of nitrogen functional groups attached to an aromatic ring is 1. The van der Waals surface area contributed by atoms with E-state index in [0.29, 0.717) is 28.5 Å². The second-order valence-electron chi connectivity index (χ2n) is 7.05. The minimum atomic E-state index is -0.581. The van der Waals surface area contributed by atoms with E-state index in [9.17, 15) is 4.39 Å². The van der Waals surface area contributed by atoms with Crippen LogP contribution in [-0.4, -0.2) is 42.4 Å². The van der Waals surface area contributed by atoms with Gasteiger partial charge in [-0.25, -0.2) is 14.4 Å². The number of piperidine rings is 1. The van der Waals surface area contributed by atoms with Crippen LogP contribution >= 0.6 is 0 Å². The van der Waals surface area contributed by atoms with Crippen LogP contribution in [0, 0.1) is 11.2 Å². The van der Waals surface area contributed by atoms with Gasteiger partial charge in [0.25, 0.3) is 0 Å². The quantitative estimate of drug-likeness (QED) is 0.491. The maximum Gasteiger partial charge on any atom is 0.220 e. The highest BCUT2D eigenvalue weighted by atomic mass is 19.1. The number of aromatic nitrogens is 2. The summed E-state index contributed by atoms with van der Waals surface area (Å²) in [6.45, 7) is 3.70. The molecular formula is C21H27FN6O2. The van der Waals surface area contributed by atoms with Crippen LogP contribution in [-0.2, 0) is 0 Å². The lowest BCUT2D eigenvalue weighted by molar-refractivity contribution is 0.219. The first-order valence-corrected chi connectivity index (χ1v) is 9.81. The zero-order valence-corrected chi connectivity index (χ0v) is 17.1. The first-order chi connectivity index (χ1) is 14.5. The fraction of sp³-hybridized carbons (Fsp3) is 0.381. The van der Waals surface area contributed by atoms with Gasteiger partial charge in [-0.2, -0.15) is 0 Å². The van der Waals surface area contributed by atoms with Crippen molar-refractivity contribution in [2.75, 3.05) is 25.9 Å². The Morgan fingerprint density at radius 2 is 2.10 bits per heavy atom. The topological polar surface area (TPSA) is 118 Å². The maximum atomic E-state index is 13.7. The number of anilines is 1. The van der Waals surface area contributed by atoms with Gasteiger partial charge < -0.3 is 31.3 Å². The summed E-state index contributed by atoms with van der Waals surface area (Å²) >= 11 is 0. The van der Waals surface area contributed by atoms with Gasteiger partial charge in [-0.15, -0.1) is 0 Å². The van der Waals surface area contributed by atoms with Crippen molar-refractivity contribution in [1.29, 1.82) is 5.41 Å². The smallest absolute Gasteiger partial charge is 0.220 e. The third kappa shape index (κ3) is 5.24. The summed E-state index contributed by atoms with van der Waals surface area (Å²) in [6, 6.07) is 3.40. The van der Waals surface area contributed by atoms with E-state index >= 15 is 0 Å². The molecule has 1 unspecified atom stereocenters. The Morgan fingerprint density at radius 1 is 1.33 bits per heavy atom. The largest absolute Gasteiger partial charge is 0.482 e. The van der Waals surface area contributed by atoms with Gasteiger partial charge in [-0.1, -0.05) is 0 Å². The molecule has 8 nitrogen and oxygen atoms in total. The maximum absolute atomic E-state index is 13.7. The molecule has 1 saturated heterocycles. The summed E-state index contributed by atoms with van der Waals surface area (Å²) in [7, 11) is 1.46. The molecule has 30 heavy (non-hydrogen) atoms. The average molecular weight is 414 g/mol. The Morgan fingerprint density at radius 3 is 2.80 bits per heavy atom. The van der Waals surface area contributed by atoms with E-state index < -0.39 is 11.9 Å². The van der Waals surface area contributed by atoms with Crippen LogP contribution in [0.1, 0.15) is 37.0 Å². The molecule has 0 amide bonds. The Hall–Kier alpha value is -3.20. The van der Waals surface area contributed by atoms with Crippen molar-refractivity contribution in [2.45, 2.75) is 31.9 Å². The molecule has 3 rings (SSSR count). The Kier molecular flexibility index (Phi) is 7.18. The van der Waals surface area contributed by atoms with Gasteiger partial charge in [0.1, 0.15) is 11.9 Å². The second-order valence-corrected chi connectivity index (χ2v) is 7.05. The zero-order chi connectivity index (χ0) is 21.5. The third-order valence-electron chi connectivity index (χ3n) is 4.96. The fourth-order valence-corrected chi connectivity index (χ4v) is 3.27. The van der Waals surface area contributed by atoms with E-state index in [2.05, 4.69) is 20.6 Å². The van der Waals surface area contributed by atoms with Gasteiger partial charge in [0, 0.05) is 35.8 Å². The van der Waals surface area contributed by atoms with Gasteiger partial charge in [-0.05, 0) is 45.0 Å². The van der Waals surface area contributed by atoms with E-state index in [-0.39, 0.29) is 11.7 Å². The minimum absolute atomic E-state index is 0.199. The van der Waals surface area contributed by atoms with Gasteiger partial charge in [-0.3, -0.25) is 0 Å². The molecule has 0 spiro atoms. The molecule has 2 aromatic rings. The number of pyridine rings is 2. The van der Waals surface area contributed by atoms with Crippen LogP contribution in [0.15, 0.2) is 30.7 Å². The van der Waals surface area contributed by atoms with Crippen molar-refractivity contribution < 1.29 is 13.9 Å². The predicted octanol–water partition coefficient (Wildman–Crippen LogP) is 2.68. The van der Waals surface area contributed by atoms with Crippen molar-refractivity contribution in [2.24, 2.45) is 0 Å². The molecule has 0 radical (unpaired) electrons. The summed E-state index contributed by atoms with van der Waals surface area (Å²) in [5.74, 6) is 0.322. The van der Waals surface area contributed by atoms with Gasteiger partial charge in [0.2, 0.25) is 5.88 Å². The van der Waals surface area contributed by atoms with Crippen LogP contribution in [0.25, 0.3) is 5.57 Å². The van der Waals surface area contributed by atoms with Crippen molar-refractivity contribution in [3.63, 3.8) is 0 Å². The lowest BCUT2D eigenvalue weighted by Gasteiger charge is -2.23. The number of allylic oxidation sites excluding steroid dienone is 1. The van der Waals surface area contributed by atoms with Gasteiger partial charge in [0.15, 0.2) is 11.6 Å². The van der Waals surface area contributed by atoms with Crippen LogP contribution in [0.3, 0.4) is 0 Å². The number of rotatable bonds is 8. The lowest BCUT2D eigenvalue weighted by atomic mass is 10.1. The molecule has 0 saturated carbocycles. The minimum Gasteiger partial charge on any atom is -0.482 e. The molecule has 160 valence electrons. The number of nitrogens with zero attached hydrogens (tertiary/aromatic N) is 2. The monoisotopic (exact) mass is 414 g/mol. The summed E-state index contributed by atoms with van der Waals surface area (Å²) in [6.07, 6.45) is 7.23. The normalized spacial score (nSPS) is 16.0. The van der Waals surface area contributed by atoms with E-state index in [0.717, 1.165) is 32.1 Å². The Bertz CT molecular complexity index is 914. The summed E-state index contributed by atoms with van der Waals surface area (Å²) < 4.78 is 24.8. The van der Waals surface area contributed by atoms with E-state index in [1.165, 1.54) is 19.4 Å². The number of halogens is 1. The number of hydrogen-bond donors (Lipinski definition) is 4. The molecule has 1 aliphatic heterocycles. The Balaban J connectivity index is 1.80. The van der Waals surface area contributed by atoms with Crippen molar-refractivity contribution in [1.82, 2.24) is 20.6 Å². The highest BCUT2D eigenvalue weighted by Crippen LogP contribution is 2.31. The first-order valence-electron chi connectivity index (χ1n) is 9.81. The molecule has 0 aromatic carbocycles. The van der Waals surface area contributed by atoms with E-state index in [1.54, 1.807) is 19.2 Å². The molecule has 1 fully saturated rings. The fourth-order valence-electron chi connectivity index (χ4n) is 3.27. The second kappa shape index (κ2) is 10.0. The van der Waals surface area contributed by atoms with Crippen LogP contribution in [0.5, 0.6) is 11.6 Å². The molecule has 9 heteroatoms. The molecule has 3 heterocycles. The van der Waals surface area contributed by atoms with Crippen molar-refractivity contribution in [3.05, 3.63) is 47.7 Å². The van der Waals surface area contributed by atoms with Crippen LogP contribution in [0.4, 0.5) is 10.2 Å². The molecule has 5 N–H and O–H groups in total. The molecule has 0 bridgehead atoms. The SMILES string of the molecule is COc1ncc(F)cc1C(C)Oc1cc(/C(C=N)=C/NC2CCNCC2)cnc1N. The standard InChI is InChI=1S/C21H27FN6O2/c1-13(18-8-16(22)12-28-21(18)29-2)30-19-7-14(10-27-20(19)24)15(9-23)11-26-17-3-5-25-6-4-17/h7-13,17,23,25-26H,3-6H2,1-2H3,(H2,24,27)/b15-11+,23-9?. The number of methoxy groups -OCH3 is 1. The van der Waals surface area contributed by atoms with Gasteiger partial charge >= 0.3 is 0 Å². The summed E-state index contributed by atoms with van der Waals surface area (Å²) in [5, 5.41) is 14.5.